The number of methoxy groups -OCH3 is 1. The van der Waals surface area contributed by atoms with Crippen LogP contribution in [0.3, 0.4) is 0 Å². The molecule has 0 spiro atoms. The lowest BCUT2D eigenvalue weighted by atomic mass is 10.1. The van der Waals surface area contributed by atoms with Gasteiger partial charge in [0.05, 0.1) is 6.61 Å². The van der Waals surface area contributed by atoms with Crippen LogP contribution in [0.25, 0.3) is 0 Å². The third-order valence-corrected chi connectivity index (χ3v) is 3.99. The first-order valence-electron chi connectivity index (χ1n) is 7.80. The van der Waals surface area contributed by atoms with Crippen molar-refractivity contribution in [3.8, 4) is 0 Å². The van der Waals surface area contributed by atoms with Crippen molar-refractivity contribution in [2.45, 2.75) is 18.8 Å². The summed E-state index contributed by atoms with van der Waals surface area (Å²) in [5, 5.41) is 5.45. The molecule has 25 heavy (non-hydrogen) atoms. The van der Waals surface area contributed by atoms with E-state index in [9.17, 15) is 18.0 Å². The normalized spacial score (nSPS) is 16.8. The van der Waals surface area contributed by atoms with Crippen molar-refractivity contribution in [2.75, 3.05) is 39.8 Å². The van der Waals surface area contributed by atoms with Crippen LogP contribution in [0.2, 0.25) is 0 Å². The van der Waals surface area contributed by atoms with Gasteiger partial charge < -0.3 is 15.4 Å². The molecule has 2 N–H and O–H groups in total. The van der Waals surface area contributed by atoms with Gasteiger partial charge in [-0.1, -0.05) is 18.2 Å². The Morgan fingerprint density at radius 2 is 1.96 bits per heavy atom. The number of halogens is 4. The van der Waals surface area contributed by atoms with Gasteiger partial charge in [-0.05, 0) is 11.6 Å². The van der Waals surface area contributed by atoms with Gasteiger partial charge in [-0.15, -0.1) is 12.4 Å². The van der Waals surface area contributed by atoms with Gasteiger partial charge in [-0.3, -0.25) is 9.69 Å². The fourth-order valence-electron chi connectivity index (χ4n) is 2.75. The van der Waals surface area contributed by atoms with Crippen molar-refractivity contribution in [3.63, 3.8) is 0 Å². The van der Waals surface area contributed by atoms with E-state index in [1.54, 1.807) is 24.3 Å². The molecule has 0 bridgehead atoms. The smallest absolute Gasteiger partial charge is 0.380 e. The first kappa shape index (κ1) is 21.7. The second kappa shape index (κ2) is 9.96. The van der Waals surface area contributed by atoms with Gasteiger partial charge in [0.1, 0.15) is 6.04 Å². The molecule has 1 aliphatic heterocycles. The van der Waals surface area contributed by atoms with Gasteiger partial charge in [0.2, 0.25) is 0 Å². The fraction of sp³-hybridized carbons (Fsp3) is 0.562. The highest BCUT2D eigenvalue weighted by Gasteiger charge is 2.43. The summed E-state index contributed by atoms with van der Waals surface area (Å²) in [7, 11) is 1.50. The first-order valence-corrected chi connectivity index (χ1v) is 7.80. The Kier molecular flexibility index (Phi) is 8.64. The van der Waals surface area contributed by atoms with Crippen molar-refractivity contribution in [2.24, 2.45) is 0 Å². The van der Waals surface area contributed by atoms with Crippen LogP contribution in [-0.4, -0.2) is 62.9 Å². The SMILES string of the molecule is COCc1ccccc1C(=O)NCC(N1CCNCC1)C(F)(F)F.Cl. The summed E-state index contributed by atoms with van der Waals surface area (Å²) in [6.07, 6.45) is -4.39. The minimum absolute atomic E-state index is 0. The lowest BCUT2D eigenvalue weighted by Crippen LogP contribution is -2.57. The van der Waals surface area contributed by atoms with Crippen LogP contribution >= 0.6 is 12.4 Å². The van der Waals surface area contributed by atoms with Crippen molar-refractivity contribution in [1.82, 2.24) is 15.5 Å². The minimum atomic E-state index is -4.39. The average Bonchev–Trinajstić information content (AvgIpc) is 2.55. The van der Waals surface area contributed by atoms with Crippen LogP contribution in [-0.2, 0) is 11.3 Å². The topological polar surface area (TPSA) is 53.6 Å². The monoisotopic (exact) mass is 381 g/mol. The second-order valence-electron chi connectivity index (χ2n) is 5.64. The molecule has 0 aromatic heterocycles. The van der Waals surface area contributed by atoms with Gasteiger partial charge in [-0.2, -0.15) is 13.2 Å². The maximum Gasteiger partial charge on any atom is 0.405 e. The van der Waals surface area contributed by atoms with E-state index in [2.05, 4.69) is 10.6 Å². The first-order chi connectivity index (χ1) is 11.4. The molecule has 2 rings (SSSR count). The highest BCUT2D eigenvalue weighted by Crippen LogP contribution is 2.25. The molecular weight excluding hydrogens is 359 g/mol. The zero-order valence-electron chi connectivity index (χ0n) is 13.9. The Hall–Kier alpha value is -1.35. The Bertz CT molecular complexity index is 552. The number of hydrogen-bond acceptors (Lipinski definition) is 4. The molecule has 9 heteroatoms. The number of carbonyl (C=O) groups excluding carboxylic acids is 1. The summed E-state index contributed by atoms with van der Waals surface area (Å²) in [5.74, 6) is -0.521. The molecule has 1 fully saturated rings. The summed E-state index contributed by atoms with van der Waals surface area (Å²) in [5.41, 5.74) is 0.976. The summed E-state index contributed by atoms with van der Waals surface area (Å²) in [6.45, 7) is 1.39. The molecule has 0 saturated carbocycles. The molecule has 1 atom stereocenters. The lowest BCUT2D eigenvalue weighted by molar-refractivity contribution is -0.183. The van der Waals surface area contributed by atoms with Gasteiger partial charge in [0.25, 0.3) is 5.91 Å². The zero-order chi connectivity index (χ0) is 17.6. The Morgan fingerprint density at radius 3 is 2.56 bits per heavy atom. The number of alkyl halides is 3. The Morgan fingerprint density at radius 1 is 1.32 bits per heavy atom. The predicted molar refractivity (Wildman–Crippen MR) is 91.0 cm³/mol. The number of ether oxygens (including phenoxy) is 1. The molecule has 0 aliphatic carbocycles. The molecule has 1 amide bonds. The number of hydrogen-bond donors (Lipinski definition) is 2. The summed E-state index contributed by atoms with van der Waals surface area (Å²) < 4.78 is 45.0. The van der Waals surface area contributed by atoms with Gasteiger partial charge >= 0.3 is 6.18 Å². The maximum absolute atomic E-state index is 13.3. The van der Waals surface area contributed by atoms with Crippen LogP contribution in [0.1, 0.15) is 15.9 Å². The zero-order valence-corrected chi connectivity index (χ0v) is 14.8. The number of carbonyl (C=O) groups is 1. The van der Waals surface area contributed by atoms with Gasteiger partial charge in [-0.25, -0.2) is 0 Å². The molecule has 142 valence electrons. The van der Waals surface area contributed by atoms with Crippen LogP contribution in [0.4, 0.5) is 13.2 Å². The van der Waals surface area contributed by atoms with E-state index < -0.39 is 24.7 Å². The number of piperazine rings is 1. The van der Waals surface area contributed by atoms with Crippen molar-refractivity contribution in [3.05, 3.63) is 35.4 Å². The van der Waals surface area contributed by atoms with E-state index in [1.165, 1.54) is 12.0 Å². The number of amides is 1. The quantitative estimate of drug-likeness (QED) is 0.789. The third kappa shape index (κ3) is 6.14. The van der Waals surface area contributed by atoms with Gasteiger partial charge in [0, 0.05) is 45.4 Å². The second-order valence-corrected chi connectivity index (χ2v) is 5.64. The Labute approximate surface area is 151 Å². The van der Waals surface area contributed by atoms with Crippen LogP contribution in [0.15, 0.2) is 24.3 Å². The average molecular weight is 382 g/mol. The fourth-order valence-corrected chi connectivity index (χ4v) is 2.75. The maximum atomic E-state index is 13.3. The molecule has 0 radical (unpaired) electrons. The van der Waals surface area contributed by atoms with Gasteiger partial charge in [0.15, 0.2) is 0 Å². The third-order valence-electron chi connectivity index (χ3n) is 3.99. The summed E-state index contributed by atoms with van der Waals surface area (Å²) in [6, 6.07) is 5.04. The predicted octanol–water partition coefficient (Wildman–Crippen LogP) is 1.82. The summed E-state index contributed by atoms with van der Waals surface area (Å²) in [4.78, 5) is 13.6. The molecule has 1 aromatic carbocycles. The Balaban J connectivity index is 0.00000312. The van der Waals surface area contributed by atoms with Crippen LogP contribution in [0.5, 0.6) is 0 Å². The molecule has 1 aromatic rings. The number of nitrogens with one attached hydrogen (secondary N) is 2. The van der Waals surface area contributed by atoms with E-state index >= 15 is 0 Å². The molecule has 5 nitrogen and oxygen atoms in total. The van der Waals surface area contributed by atoms with E-state index in [0.717, 1.165) is 0 Å². The summed E-state index contributed by atoms with van der Waals surface area (Å²) >= 11 is 0. The minimum Gasteiger partial charge on any atom is -0.380 e. The molecule has 1 heterocycles. The number of nitrogens with zero attached hydrogens (tertiary/aromatic N) is 1. The highest BCUT2D eigenvalue weighted by molar-refractivity contribution is 5.95. The van der Waals surface area contributed by atoms with E-state index in [1.807, 2.05) is 0 Å². The molecule has 1 saturated heterocycles. The molecular formula is C16H23ClF3N3O2. The van der Waals surface area contributed by atoms with Crippen molar-refractivity contribution >= 4 is 18.3 Å². The van der Waals surface area contributed by atoms with Crippen LogP contribution < -0.4 is 10.6 Å². The van der Waals surface area contributed by atoms with E-state index in [0.29, 0.717) is 37.3 Å². The lowest BCUT2D eigenvalue weighted by Gasteiger charge is -2.35. The van der Waals surface area contributed by atoms with Crippen molar-refractivity contribution < 1.29 is 22.7 Å². The molecule has 1 aliphatic rings. The van der Waals surface area contributed by atoms with Crippen molar-refractivity contribution in [1.29, 1.82) is 0 Å². The standard InChI is InChI=1S/C16H22F3N3O2.ClH/c1-24-11-12-4-2-3-5-13(12)15(23)21-10-14(16(17,18)19)22-8-6-20-7-9-22;/h2-5,14,20H,6-11H2,1H3,(H,21,23);1H. The molecule has 1 unspecified atom stereocenters. The van der Waals surface area contributed by atoms with Crippen LogP contribution in [0, 0.1) is 0 Å². The van der Waals surface area contributed by atoms with E-state index in [-0.39, 0.29) is 19.0 Å². The number of rotatable bonds is 6. The number of benzene rings is 1. The largest absolute Gasteiger partial charge is 0.405 e. The highest BCUT2D eigenvalue weighted by atomic mass is 35.5. The van der Waals surface area contributed by atoms with E-state index in [4.69, 9.17) is 4.74 Å².